The molecule has 0 radical (unpaired) electrons. The van der Waals surface area contributed by atoms with Crippen molar-refractivity contribution in [2.45, 2.75) is 38.1 Å². The summed E-state index contributed by atoms with van der Waals surface area (Å²) in [4.78, 5) is 45.1. The van der Waals surface area contributed by atoms with Crippen molar-refractivity contribution in [3.63, 3.8) is 0 Å². The van der Waals surface area contributed by atoms with Gasteiger partial charge in [-0.2, -0.15) is 5.21 Å². The molecule has 4 heterocycles. The van der Waals surface area contributed by atoms with E-state index in [0.29, 0.717) is 51.1 Å². The van der Waals surface area contributed by atoms with Gasteiger partial charge in [0.15, 0.2) is 5.82 Å². The number of carboxylic acid groups (broad SMARTS) is 1. The van der Waals surface area contributed by atoms with E-state index in [1.54, 1.807) is 17.0 Å². The van der Waals surface area contributed by atoms with Gasteiger partial charge in [0.1, 0.15) is 5.82 Å². The lowest BCUT2D eigenvalue weighted by Crippen LogP contribution is -2.48. The summed E-state index contributed by atoms with van der Waals surface area (Å²) in [7, 11) is 0. The molecule has 5 rings (SSSR count). The number of nitrogens with one attached hydrogen (secondary N) is 1. The first-order valence-corrected chi connectivity index (χ1v) is 12.6. The number of H-pyrrole nitrogens is 1. The van der Waals surface area contributed by atoms with Gasteiger partial charge in [0.05, 0.1) is 11.8 Å². The molecular weight excluding hydrogens is 483 g/mol. The van der Waals surface area contributed by atoms with Crippen LogP contribution in [0.3, 0.4) is 0 Å². The average molecular weight is 515 g/mol. The van der Waals surface area contributed by atoms with Gasteiger partial charge in [0.25, 0.3) is 0 Å². The van der Waals surface area contributed by atoms with Gasteiger partial charge < -0.3 is 14.9 Å². The Bertz CT molecular complexity index is 1110. The molecule has 0 unspecified atom stereocenters. The smallest absolute Gasteiger partial charge is 0.414 e. The van der Waals surface area contributed by atoms with Gasteiger partial charge >= 0.3 is 6.09 Å². The molecule has 3 saturated heterocycles. The zero-order valence-corrected chi connectivity index (χ0v) is 20.6. The Kier molecular flexibility index (Phi) is 7.04. The number of hydrogen-bond acceptors (Lipinski definition) is 8. The predicted octanol–water partition coefficient (Wildman–Crippen LogP) is 0.981. The number of aromatic nitrogens is 4. The third-order valence-electron chi connectivity index (χ3n) is 7.98. The highest BCUT2D eigenvalue weighted by Gasteiger charge is 2.54. The summed E-state index contributed by atoms with van der Waals surface area (Å²) in [6.07, 6.45) is 0.789. The lowest BCUT2D eigenvalue weighted by atomic mass is 9.75. The Morgan fingerprint density at radius 2 is 1.78 bits per heavy atom. The van der Waals surface area contributed by atoms with E-state index in [1.165, 1.54) is 12.1 Å². The van der Waals surface area contributed by atoms with Gasteiger partial charge in [-0.3, -0.25) is 14.5 Å². The number of anilines is 1. The Balaban J connectivity index is 1.14. The van der Waals surface area contributed by atoms with E-state index >= 15 is 0 Å². The zero-order valence-electron chi connectivity index (χ0n) is 20.6. The molecule has 12 nitrogen and oxygen atoms in total. The molecule has 0 aliphatic carbocycles. The molecule has 1 aromatic heterocycles. The second kappa shape index (κ2) is 10.4. The molecule has 1 atom stereocenters. The van der Waals surface area contributed by atoms with E-state index in [2.05, 4.69) is 30.4 Å². The maximum absolute atomic E-state index is 13.3. The SMILES string of the molecule is O=C(Cc1nn[nH]n1)N1CCC2(CC1)C[C@H](CCN1CCN(c3ccc(F)cc3)CC1)N(C(=O)O)C2=O. The zero-order chi connectivity index (χ0) is 26.0. The lowest BCUT2D eigenvalue weighted by Gasteiger charge is -2.37. The number of halogens is 1. The quantitative estimate of drug-likeness (QED) is 0.578. The van der Waals surface area contributed by atoms with Crippen LogP contribution < -0.4 is 4.90 Å². The molecule has 198 valence electrons. The lowest BCUT2D eigenvalue weighted by molar-refractivity contribution is -0.141. The Hall–Kier alpha value is -3.61. The molecule has 2 N–H and O–H groups in total. The van der Waals surface area contributed by atoms with E-state index in [1.807, 2.05) is 0 Å². The van der Waals surface area contributed by atoms with Crippen LogP contribution in [0.15, 0.2) is 24.3 Å². The summed E-state index contributed by atoms with van der Waals surface area (Å²) >= 11 is 0. The second-order valence-corrected chi connectivity index (χ2v) is 10.1. The minimum absolute atomic E-state index is 0.0374. The summed E-state index contributed by atoms with van der Waals surface area (Å²) in [6.45, 7) is 4.72. The summed E-state index contributed by atoms with van der Waals surface area (Å²) in [6, 6.07) is 6.11. The maximum Gasteiger partial charge on any atom is 0.414 e. The van der Waals surface area contributed by atoms with Crippen molar-refractivity contribution >= 4 is 23.6 Å². The van der Waals surface area contributed by atoms with E-state index < -0.39 is 11.5 Å². The summed E-state index contributed by atoms with van der Waals surface area (Å²) in [5.41, 5.74) is 0.247. The maximum atomic E-state index is 13.3. The van der Waals surface area contributed by atoms with E-state index in [-0.39, 0.29) is 30.1 Å². The fourth-order valence-electron chi connectivity index (χ4n) is 5.84. The molecule has 3 aliphatic heterocycles. The highest BCUT2D eigenvalue weighted by atomic mass is 19.1. The third kappa shape index (κ3) is 5.26. The van der Waals surface area contributed by atoms with Gasteiger partial charge in [0, 0.05) is 57.5 Å². The number of carbonyl (C=O) groups is 3. The van der Waals surface area contributed by atoms with Crippen LogP contribution in [0.1, 0.15) is 31.5 Å². The van der Waals surface area contributed by atoms with Crippen molar-refractivity contribution in [2.75, 3.05) is 50.7 Å². The number of amides is 3. The molecule has 3 aliphatic rings. The number of hydrogen-bond donors (Lipinski definition) is 2. The number of piperazine rings is 1. The molecule has 1 aromatic carbocycles. The molecule has 13 heteroatoms. The number of rotatable bonds is 6. The predicted molar refractivity (Wildman–Crippen MR) is 129 cm³/mol. The van der Waals surface area contributed by atoms with Crippen LogP contribution >= 0.6 is 0 Å². The molecule has 0 bridgehead atoms. The Morgan fingerprint density at radius 3 is 2.41 bits per heavy atom. The fourth-order valence-corrected chi connectivity index (χ4v) is 5.84. The summed E-state index contributed by atoms with van der Waals surface area (Å²) in [5.74, 6) is -0.405. The second-order valence-electron chi connectivity index (χ2n) is 10.1. The number of piperidine rings is 1. The van der Waals surface area contributed by atoms with Gasteiger partial charge in [-0.15, -0.1) is 10.2 Å². The van der Waals surface area contributed by atoms with Crippen LogP contribution in [-0.2, 0) is 16.0 Å². The van der Waals surface area contributed by atoms with Crippen LogP contribution in [0.4, 0.5) is 14.9 Å². The third-order valence-corrected chi connectivity index (χ3v) is 7.98. The molecular formula is C24H31FN8O4. The summed E-state index contributed by atoms with van der Waals surface area (Å²) < 4.78 is 13.2. The average Bonchev–Trinajstić information content (AvgIpc) is 3.50. The first-order valence-electron chi connectivity index (χ1n) is 12.6. The van der Waals surface area contributed by atoms with E-state index in [9.17, 15) is 23.9 Å². The number of nitrogens with zero attached hydrogens (tertiary/aromatic N) is 7. The Labute approximate surface area is 213 Å². The largest absolute Gasteiger partial charge is 0.465 e. The number of carbonyl (C=O) groups excluding carboxylic acids is 2. The monoisotopic (exact) mass is 514 g/mol. The van der Waals surface area contributed by atoms with Crippen LogP contribution in [0, 0.1) is 11.2 Å². The standard InChI is InChI=1S/C24H31FN8O4/c25-17-1-3-18(4-2-17)31-13-11-30(12-14-31)8-5-19-16-24(22(35)33(19)23(36)37)6-9-32(10-7-24)21(34)15-20-26-28-29-27-20/h1-4,19H,5-16H2,(H,36,37)(H,26,27,28,29)/t19-/m0/s1. The highest BCUT2D eigenvalue weighted by Crippen LogP contribution is 2.45. The van der Waals surface area contributed by atoms with Crippen molar-refractivity contribution in [3.05, 3.63) is 35.9 Å². The number of benzene rings is 1. The first-order chi connectivity index (χ1) is 17.8. The number of imide groups is 1. The van der Waals surface area contributed by atoms with Crippen molar-refractivity contribution in [3.8, 4) is 0 Å². The number of aromatic amines is 1. The van der Waals surface area contributed by atoms with Crippen LogP contribution in [-0.4, -0.2) is 110 Å². The van der Waals surface area contributed by atoms with Crippen molar-refractivity contribution in [2.24, 2.45) is 5.41 Å². The van der Waals surface area contributed by atoms with Gasteiger partial charge in [-0.25, -0.2) is 14.1 Å². The molecule has 3 fully saturated rings. The van der Waals surface area contributed by atoms with Gasteiger partial charge in [0.2, 0.25) is 11.8 Å². The molecule has 2 aromatic rings. The fraction of sp³-hybridized carbons (Fsp3) is 0.583. The van der Waals surface area contributed by atoms with Gasteiger partial charge in [-0.05, 0) is 49.9 Å². The van der Waals surface area contributed by atoms with Crippen LogP contribution in [0.25, 0.3) is 0 Å². The molecule has 37 heavy (non-hydrogen) atoms. The van der Waals surface area contributed by atoms with E-state index in [4.69, 9.17) is 0 Å². The van der Waals surface area contributed by atoms with Crippen LogP contribution in [0.2, 0.25) is 0 Å². The molecule has 3 amide bonds. The van der Waals surface area contributed by atoms with Crippen molar-refractivity contribution in [1.82, 2.24) is 35.3 Å². The highest BCUT2D eigenvalue weighted by molar-refractivity contribution is 5.97. The minimum atomic E-state index is -1.20. The normalized spacial score (nSPS) is 22.1. The topological polar surface area (TPSA) is 139 Å². The number of likely N-dealkylation sites (tertiary alicyclic amines) is 2. The summed E-state index contributed by atoms with van der Waals surface area (Å²) in [5, 5.41) is 23.3. The molecule has 1 spiro atoms. The first kappa shape index (κ1) is 25.1. The van der Waals surface area contributed by atoms with E-state index in [0.717, 1.165) is 36.8 Å². The van der Waals surface area contributed by atoms with Crippen LogP contribution in [0.5, 0.6) is 0 Å². The minimum Gasteiger partial charge on any atom is -0.465 e. The van der Waals surface area contributed by atoms with Crippen molar-refractivity contribution in [1.29, 1.82) is 0 Å². The van der Waals surface area contributed by atoms with Gasteiger partial charge in [-0.1, -0.05) is 5.21 Å². The molecule has 0 saturated carbocycles. The Morgan fingerprint density at radius 1 is 1.08 bits per heavy atom. The number of tetrazole rings is 1. The van der Waals surface area contributed by atoms with Crippen molar-refractivity contribution < 1.29 is 23.9 Å².